The van der Waals surface area contributed by atoms with Crippen molar-refractivity contribution in [2.24, 2.45) is 0 Å². The first kappa shape index (κ1) is 15.6. The number of para-hydroxylation sites is 1. The summed E-state index contributed by atoms with van der Waals surface area (Å²) >= 11 is 0. The molecule has 2 rings (SSSR count). The lowest BCUT2D eigenvalue weighted by atomic mass is 10.1. The minimum Gasteiger partial charge on any atom is -0.398 e. The van der Waals surface area contributed by atoms with Gasteiger partial charge in [-0.1, -0.05) is 12.1 Å². The number of H-pyrrole nitrogens is 1. The average molecular weight is 302 g/mol. The largest absolute Gasteiger partial charge is 0.398 e. The molecule has 2 aromatic rings. The number of aryl methyl sites for hydroxylation is 1. The number of imidazole rings is 1. The van der Waals surface area contributed by atoms with Gasteiger partial charge in [0.05, 0.1) is 5.56 Å². The van der Waals surface area contributed by atoms with Crippen molar-refractivity contribution in [3.05, 3.63) is 51.7 Å². The van der Waals surface area contributed by atoms with Crippen LogP contribution in [0.4, 0.5) is 5.69 Å². The van der Waals surface area contributed by atoms with Crippen molar-refractivity contribution >= 4 is 17.5 Å². The van der Waals surface area contributed by atoms with E-state index < -0.39 is 11.8 Å². The van der Waals surface area contributed by atoms with Crippen LogP contribution in [0.25, 0.3) is 0 Å². The third-order valence-electron chi connectivity index (χ3n) is 3.51. The lowest BCUT2D eigenvalue weighted by Crippen LogP contribution is -2.32. The van der Waals surface area contributed by atoms with Gasteiger partial charge in [-0.3, -0.25) is 19.5 Å². The number of benzene rings is 1. The van der Waals surface area contributed by atoms with E-state index in [1.54, 1.807) is 38.1 Å². The number of hydrogen-bond acceptors (Lipinski definition) is 4. The van der Waals surface area contributed by atoms with Crippen LogP contribution in [0.2, 0.25) is 0 Å². The Balaban J connectivity index is 1.98. The molecule has 0 bridgehead atoms. The van der Waals surface area contributed by atoms with Crippen LogP contribution in [-0.2, 0) is 11.3 Å². The summed E-state index contributed by atoms with van der Waals surface area (Å²) in [6.07, 6.45) is 0.0243. The van der Waals surface area contributed by atoms with Crippen molar-refractivity contribution in [3.63, 3.8) is 0 Å². The van der Waals surface area contributed by atoms with Crippen LogP contribution in [0.3, 0.4) is 0 Å². The predicted octanol–water partition coefficient (Wildman–Crippen LogP) is 0.722. The molecule has 116 valence electrons. The zero-order valence-electron chi connectivity index (χ0n) is 12.5. The second-order valence-corrected chi connectivity index (χ2v) is 5.01. The SMILES string of the molecule is Cc1[nH]c(=O)n(CCC(=O)NC(=O)c2ccccc2N)c1C. The van der Waals surface area contributed by atoms with Crippen LogP contribution in [0.1, 0.15) is 28.2 Å². The van der Waals surface area contributed by atoms with Crippen LogP contribution in [-0.4, -0.2) is 21.4 Å². The van der Waals surface area contributed by atoms with Crippen LogP contribution in [0.15, 0.2) is 29.1 Å². The number of imide groups is 1. The normalized spacial score (nSPS) is 10.5. The molecule has 0 spiro atoms. The first-order valence-electron chi connectivity index (χ1n) is 6.85. The Kier molecular flexibility index (Phi) is 4.45. The van der Waals surface area contributed by atoms with Gasteiger partial charge >= 0.3 is 5.69 Å². The number of aromatic nitrogens is 2. The second-order valence-electron chi connectivity index (χ2n) is 5.01. The number of nitrogens with one attached hydrogen (secondary N) is 2. The van der Waals surface area contributed by atoms with Crippen molar-refractivity contribution in [3.8, 4) is 0 Å². The summed E-state index contributed by atoms with van der Waals surface area (Å²) in [7, 11) is 0. The Labute approximate surface area is 127 Å². The van der Waals surface area contributed by atoms with Crippen molar-refractivity contribution in [1.82, 2.24) is 14.9 Å². The molecule has 0 aliphatic heterocycles. The summed E-state index contributed by atoms with van der Waals surface area (Å²) in [5.41, 5.74) is 7.52. The van der Waals surface area contributed by atoms with Crippen molar-refractivity contribution in [1.29, 1.82) is 0 Å². The Bertz CT molecular complexity index is 773. The van der Waals surface area contributed by atoms with Crippen molar-refractivity contribution in [2.45, 2.75) is 26.8 Å². The number of amides is 2. The summed E-state index contributed by atoms with van der Waals surface area (Å²) < 4.78 is 1.47. The summed E-state index contributed by atoms with van der Waals surface area (Å²) in [6, 6.07) is 6.51. The zero-order valence-corrected chi connectivity index (χ0v) is 12.5. The molecule has 2 amide bonds. The minimum atomic E-state index is -0.544. The van der Waals surface area contributed by atoms with E-state index >= 15 is 0 Å². The topological polar surface area (TPSA) is 110 Å². The van der Waals surface area contributed by atoms with Gasteiger partial charge in [0.25, 0.3) is 5.91 Å². The summed E-state index contributed by atoms with van der Waals surface area (Å²) in [5.74, 6) is -1.00. The fraction of sp³-hybridized carbons (Fsp3) is 0.267. The van der Waals surface area contributed by atoms with Gasteiger partial charge in [-0.05, 0) is 26.0 Å². The van der Waals surface area contributed by atoms with Crippen LogP contribution in [0, 0.1) is 13.8 Å². The molecule has 0 unspecified atom stereocenters. The Hall–Kier alpha value is -2.83. The van der Waals surface area contributed by atoms with E-state index in [9.17, 15) is 14.4 Å². The van der Waals surface area contributed by atoms with Crippen molar-refractivity contribution < 1.29 is 9.59 Å². The van der Waals surface area contributed by atoms with E-state index in [1.807, 2.05) is 0 Å². The molecule has 0 aliphatic rings. The third kappa shape index (κ3) is 3.25. The molecule has 4 N–H and O–H groups in total. The molecule has 0 fully saturated rings. The fourth-order valence-corrected chi connectivity index (χ4v) is 2.12. The minimum absolute atomic E-state index is 0.0243. The molecule has 0 saturated carbocycles. The number of carbonyl (C=O) groups is 2. The molecule has 0 aliphatic carbocycles. The zero-order chi connectivity index (χ0) is 16.3. The van der Waals surface area contributed by atoms with Gasteiger partial charge in [0.1, 0.15) is 0 Å². The number of aromatic amines is 1. The van der Waals surface area contributed by atoms with E-state index in [4.69, 9.17) is 5.73 Å². The van der Waals surface area contributed by atoms with E-state index in [-0.39, 0.29) is 24.2 Å². The average Bonchev–Trinajstić information content (AvgIpc) is 2.70. The number of nitrogen functional groups attached to an aromatic ring is 1. The maximum Gasteiger partial charge on any atom is 0.325 e. The summed E-state index contributed by atoms with van der Waals surface area (Å²) in [6.45, 7) is 3.79. The highest BCUT2D eigenvalue weighted by Crippen LogP contribution is 2.10. The maximum absolute atomic E-state index is 11.9. The van der Waals surface area contributed by atoms with Gasteiger partial charge in [-0.15, -0.1) is 0 Å². The standard InChI is InChI=1S/C15H18N4O3/c1-9-10(2)19(15(22)17-9)8-7-13(20)18-14(21)11-5-3-4-6-12(11)16/h3-6H,7-8,16H2,1-2H3,(H,17,22)(H,18,20,21). The molecule has 1 heterocycles. The highest BCUT2D eigenvalue weighted by molar-refractivity contribution is 6.07. The number of rotatable bonds is 4. The highest BCUT2D eigenvalue weighted by atomic mass is 16.2. The van der Waals surface area contributed by atoms with E-state index in [0.29, 0.717) is 5.69 Å². The van der Waals surface area contributed by atoms with Crippen LogP contribution >= 0.6 is 0 Å². The highest BCUT2D eigenvalue weighted by Gasteiger charge is 2.14. The van der Waals surface area contributed by atoms with Crippen LogP contribution in [0.5, 0.6) is 0 Å². The Morgan fingerprint density at radius 2 is 1.95 bits per heavy atom. The van der Waals surface area contributed by atoms with E-state index in [0.717, 1.165) is 11.4 Å². The van der Waals surface area contributed by atoms with Gasteiger partial charge in [0, 0.05) is 30.0 Å². The molecular formula is C15H18N4O3. The van der Waals surface area contributed by atoms with Gasteiger partial charge < -0.3 is 10.7 Å². The first-order chi connectivity index (χ1) is 10.4. The maximum atomic E-state index is 11.9. The number of anilines is 1. The molecule has 1 aromatic heterocycles. The molecule has 0 radical (unpaired) electrons. The summed E-state index contributed by atoms with van der Waals surface area (Å²) in [4.78, 5) is 38.1. The van der Waals surface area contributed by atoms with Gasteiger partial charge in [0.2, 0.25) is 5.91 Å². The molecular weight excluding hydrogens is 284 g/mol. The number of nitrogens with two attached hydrogens (primary N) is 1. The lowest BCUT2D eigenvalue weighted by molar-refractivity contribution is -0.120. The fourth-order valence-electron chi connectivity index (χ4n) is 2.12. The third-order valence-corrected chi connectivity index (χ3v) is 3.51. The molecule has 7 nitrogen and oxygen atoms in total. The Morgan fingerprint density at radius 3 is 2.55 bits per heavy atom. The Morgan fingerprint density at radius 1 is 1.27 bits per heavy atom. The molecule has 0 atom stereocenters. The summed E-state index contributed by atoms with van der Waals surface area (Å²) in [5, 5.41) is 2.27. The molecule has 0 saturated heterocycles. The number of carbonyl (C=O) groups excluding carboxylic acids is 2. The van der Waals surface area contributed by atoms with E-state index in [1.165, 1.54) is 4.57 Å². The number of hydrogen-bond donors (Lipinski definition) is 3. The van der Waals surface area contributed by atoms with E-state index in [2.05, 4.69) is 10.3 Å². The quantitative estimate of drug-likeness (QED) is 0.723. The molecule has 22 heavy (non-hydrogen) atoms. The number of nitrogens with zero attached hydrogens (tertiary/aromatic N) is 1. The van der Waals surface area contributed by atoms with Gasteiger partial charge in [0.15, 0.2) is 0 Å². The molecule has 1 aromatic carbocycles. The van der Waals surface area contributed by atoms with Gasteiger partial charge in [-0.25, -0.2) is 4.79 Å². The van der Waals surface area contributed by atoms with Gasteiger partial charge in [-0.2, -0.15) is 0 Å². The monoisotopic (exact) mass is 302 g/mol. The second kappa shape index (κ2) is 6.30. The molecule has 7 heteroatoms. The van der Waals surface area contributed by atoms with Crippen molar-refractivity contribution in [2.75, 3.05) is 5.73 Å². The first-order valence-corrected chi connectivity index (χ1v) is 6.85. The smallest absolute Gasteiger partial charge is 0.325 e. The van der Waals surface area contributed by atoms with Crippen LogP contribution < -0.4 is 16.7 Å². The predicted molar refractivity (Wildman–Crippen MR) is 82.5 cm³/mol. The lowest BCUT2D eigenvalue weighted by Gasteiger charge is -2.07.